The van der Waals surface area contributed by atoms with Gasteiger partial charge in [-0.15, -0.1) is 0 Å². The van der Waals surface area contributed by atoms with Gasteiger partial charge in [0.2, 0.25) is 0 Å². The van der Waals surface area contributed by atoms with Crippen LogP contribution in [0.2, 0.25) is 5.15 Å². The molecule has 0 saturated carbocycles. The summed E-state index contributed by atoms with van der Waals surface area (Å²) in [7, 11) is 0. The van der Waals surface area contributed by atoms with Gasteiger partial charge in [0.15, 0.2) is 5.11 Å². The fourth-order valence-corrected chi connectivity index (χ4v) is 2.60. The van der Waals surface area contributed by atoms with Crippen LogP contribution < -0.4 is 10.7 Å². The van der Waals surface area contributed by atoms with E-state index >= 15 is 0 Å². The quantitative estimate of drug-likeness (QED) is 0.495. The normalized spacial score (nSPS) is 11.2. The predicted octanol–water partition coefficient (Wildman–Crippen LogP) is 3.10. The Balaban J connectivity index is 2.07. The van der Waals surface area contributed by atoms with Crippen LogP contribution in [-0.2, 0) is 6.54 Å². The lowest BCUT2D eigenvalue weighted by Gasteiger charge is -2.09. The summed E-state index contributed by atoms with van der Waals surface area (Å²) >= 11 is 11.5. The van der Waals surface area contributed by atoms with Crippen LogP contribution in [0.1, 0.15) is 30.7 Å². The molecule has 0 bridgehead atoms. The first-order chi connectivity index (χ1) is 11.0. The maximum absolute atomic E-state index is 6.41. The topological polar surface area (TPSA) is 54.2 Å². The summed E-state index contributed by atoms with van der Waals surface area (Å²) in [5.74, 6) is 0. The highest BCUT2D eigenvalue weighted by atomic mass is 35.5. The molecule has 0 amide bonds. The number of hydrogen-bond donors (Lipinski definition) is 2. The van der Waals surface area contributed by atoms with Gasteiger partial charge >= 0.3 is 0 Å². The molecular formula is C16H20ClN5S. The van der Waals surface area contributed by atoms with Gasteiger partial charge in [0.05, 0.1) is 24.0 Å². The minimum absolute atomic E-state index is 0.254. The van der Waals surface area contributed by atoms with E-state index in [4.69, 9.17) is 23.8 Å². The Bertz CT molecular complexity index is 694. The lowest BCUT2D eigenvalue weighted by Crippen LogP contribution is -2.36. The standard InChI is InChI=1S/C16H20ClN5S/c1-11(2)19-16(23)20-18-9-14-12(3)21-22(15(14)17)10-13-7-5-4-6-8-13/h4-9,11H,10H2,1-3H3,(H2,19,20,23)/b18-9-. The van der Waals surface area contributed by atoms with Crippen molar-refractivity contribution in [2.24, 2.45) is 5.10 Å². The van der Waals surface area contributed by atoms with Crippen molar-refractivity contribution in [1.29, 1.82) is 0 Å². The summed E-state index contributed by atoms with van der Waals surface area (Å²) in [5, 5.41) is 12.7. The number of hydrazone groups is 1. The van der Waals surface area contributed by atoms with Crippen molar-refractivity contribution in [3.05, 3.63) is 52.3 Å². The number of benzene rings is 1. The average Bonchev–Trinajstić information content (AvgIpc) is 2.75. The highest BCUT2D eigenvalue weighted by molar-refractivity contribution is 7.80. The van der Waals surface area contributed by atoms with Gasteiger partial charge in [0.1, 0.15) is 5.15 Å². The number of aromatic nitrogens is 2. The summed E-state index contributed by atoms with van der Waals surface area (Å²) in [6.07, 6.45) is 1.64. The molecule has 0 fully saturated rings. The fraction of sp³-hybridized carbons (Fsp3) is 0.312. The van der Waals surface area contributed by atoms with Gasteiger partial charge in [-0.25, -0.2) is 4.68 Å². The number of aryl methyl sites for hydroxylation is 1. The van der Waals surface area contributed by atoms with E-state index in [1.807, 2.05) is 51.1 Å². The van der Waals surface area contributed by atoms with Gasteiger partial charge in [-0.05, 0) is 38.6 Å². The minimum atomic E-state index is 0.254. The molecular weight excluding hydrogens is 330 g/mol. The average molecular weight is 350 g/mol. The van der Waals surface area contributed by atoms with Gasteiger partial charge in [-0.1, -0.05) is 41.9 Å². The third-order valence-electron chi connectivity index (χ3n) is 3.06. The maximum atomic E-state index is 6.41. The van der Waals surface area contributed by atoms with Gasteiger partial charge in [-0.3, -0.25) is 5.43 Å². The molecule has 1 heterocycles. The Morgan fingerprint density at radius 1 is 1.39 bits per heavy atom. The van der Waals surface area contributed by atoms with E-state index < -0.39 is 0 Å². The van der Waals surface area contributed by atoms with Gasteiger partial charge in [0.25, 0.3) is 0 Å². The number of hydrogen-bond acceptors (Lipinski definition) is 3. The Hall–Kier alpha value is -1.92. The van der Waals surface area contributed by atoms with Crippen molar-refractivity contribution in [3.63, 3.8) is 0 Å². The smallest absolute Gasteiger partial charge is 0.187 e. The molecule has 0 aliphatic rings. The van der Waals surface area contributed by atoms with Crippen LogP contribution in [-0.4, -0.2) is 27.1 Å². The first kappa shape index (κ1) is 17.4. The maximum Gasteiger partial charge on any atom is 0.187 e. The number of halogens is 1. The van der Waals surface area contributed by atoms with Crippen molar-refractivity contribution in [1.82, 2.24) is 20.5 Å². The lowest BCUT2D eigenvalue weighted by molar-refractivity contribution is 0.680. The SMILES string of the molecule is Cc1nn(Cc2ccccc2)c(Cl)c1/C=N\NC(=S)NC(C)C. The minimum Gasteiger partial charge on any atom is -0.359 e. The largest absolute Gasteiger partial charge is 0.359 e. The molecule has 0 aliphatic carbocycles. The van der Waals surface area contributed by atoms with E-state index in [2.05, 4.69) is 20.9 Å². The zero-order valence-corrected chi connectivity index (χ0v) is 14.9. The zero-order valence-electron chi connectivity index (χ0n) is 13.4. The second-order valence-electron chi connectivity index (χ2n) is 5.43. The van der Waals surface area contributed by atoms with Crippen molar-refractivity contribution >= 4 is 35.1 Å². The number of rotatable bonds is 5. The molecule has 7 heteroatoms. The van der Waals surface area contributed by atoms with E-state index in [0.717, 1.165) is 16.8 Å². The Kier molecular flexibility index (Phi) is 6.12. The van der Waals surface area contributed by atoms with Crippen molar-refractivity contribution in [2.45, 2.75) is 33.4 Å². The summed E-state index contributed by atoms with van der Waals surface area (Å²) in [6.45, 7) is 6.53. The van der Waals surface area contributed by atoms with Crippen LogP contribution in [0.15, 0.2) is 35.4 Å². The third-order valence-corrected chi connectivity index (χ3v) is 3.67. The molecule has 1 aromatic carbocycles. The lowest BCUT2D eigenvalue weighted by atomic mass is 10.2. The number of thiocarbonyl (C=S) groups is 1. The van der Waals surface area contributed by atoms with Crippen LogP contribution in [0.5, 0.6) is 0 Å². The van der Waals surface area contributed by atoms with Crippen LogP contribution in [0.25, 0.3) is 0 Å². The fourth-order valence-electron chi connectivity index (χ4n) is 2.02. The highest BCUT2D eigenvalue weighted by Gasteiger charge is 2.12. The molecule has 2 N–H and O–H groups in total. The molecule has 0 saturated heterocycles. The summed E-state index contributed by atoms with van der Waals surface area (Å²) in [4.78, 5) is 0. The van der Waals surface area contributed by atoms with E-state index in [1.165, 1.54) is 0 Å². The molecule has 2 rings (SSSR count). The van der Waals surface area contributed by atoms with E-state index in [0.29, 0.717) is 16.8 Å². The Labute approximate surface area is 146 Å². The van der Waals surface area contributed by atoms with Gasteiger partial charge in [-0.2, -0.15) is 10.2 Å². The summed E-state index contributed by atoms with van der Waals surface area (Å²) in [6, 6.07) is 10.3. The summed E-state index contributed by atoms with van der Waals surface area (Å²) in [5.41, 5.74) is 5.51. The molecule has 2 aromatic rings. The van der Waals surface area contributed by atoms with Crippen LogP contribution in [0.4, 0.5) is 0 Å². The van der Waals surface area contributed by atoms with E-state index in [1.54, 1.807) is 10.9 Å². The molecule has 1 aromatic heterocycles. The van der Waals surface area contributed by atoms with Crippen molar-refractivity contribution in [2.75, 3.05) is 0 Å². The number of nitrogens with zero attached hydrogens (tertiary/aromatic N) is 3. The Morgan fingerprint density at radius 2 is 2.09 bits per heavy atom. The second kappa shape index (κ2) is 8.08. The molecule has 0 atom stereocenters. The third kappa shape index (κ3) is 5.04. The Morgan fingerprint density at radius 3 is 2.74 bits per heavy atom. The molecule has 0 unspecified atom stereocenters. The second-order valence-corrected chi connectivity index (χ2v) is 6.20. The van der Waals surface area contributed by atoms with E-state index in [9.17, 15) is 0 Å². The van der Waals surface area contributed by atoms with Crippen LogP contribution >= 0.6 is 23.8 Å². The molecule has 0 radical (unpaired) electrons. The number of nitrogens with one attached hydrogen (secondary N) is 2. The highest BCUT2D eigenvalue weighted by Crippen LogP contribution is 2.19. The first-order valence-electron chi connectivity index (χ1n) is 7.33. The predicted molar refractivity (Wildman–Crippen MR) is 99.1 cm³/mol. The van der Waals surface area contributed by atoms with Crippen LogP contribution in [0.3, 0.4) is 0 Å². The molecule has 5 nitrogen and oxygen atoms in total. The molecule has 23 heavy (non-hydrogen) atoms. The van der Waals surface area contributed by atoms with Gasteiger partial charge in [0, 0.05) is 6.04 Å². The molecule has 0 spiro atoms. The van der Waals surface area contributed by atoms with Crippen molar-refractivity contribution in [3.8, 4) is 0 Å². The zero-order chi connectivity index (χ0) is 16.8. The first-order valence-corrected chi connectivity index (χ1v) is 8.12. The van der Waals surface area contributed by atoms with Gasteiger partial charge < -0.3 is 5.32 Å². The monoisotopic (exact) mass is 349 g/mol. The molecule has 0 aliphatic heterocycles. The van der Waals surface area contributed by atoms with E-state index in [-0.39, 0.29) is 6.04 Å². The van der Waals surface area contributed by atoms with Crippen molar-refractivity contribution < 1.29 is 0 Å². The summed E-state index contributed by atoms with van der Waals surface area (Å²) < 4.78 is 1.76. The van der Waals surface area contributed by atoms with Crippen LogP contribution in [0, 0.1) is 6.92 Å². The molecule has 122 valence electrons.